The van der Waals surface area contributed by atoms with E-state index in [2.05, 4.69) is 15.7 Å². The van der Waals surface area contributed by atoms with Gasteiger partial charge in [-0.3, -0.25) is 3.53 Å². The van der Waals surface area contributed by atoms with Crippen molar-refractivity contribution in [3.05, 3.63) is 59.2 Å². The molecule has 2 amide bonds. The summed E-state index contributed by atoms with van der Waals surface area (Å²) in [6.07, 6.45) is -0.559. The molecule has 2 N–H and O–H groups in total. The van der Waals surface area contributed by atoms with Crippen molar-refractivity contribution in [3.8, 4) is 11.1 Å². The average Bonchev–Trinajstić information content (AvgIpc) is 3.40. The first kappa shape index (κ1) is 25.0. The van der Waals surface area contributed by atoms with Crippen molar-refractivity contribution >= 4 is 41.0 Å². The Morgan fingerprint density at radius 3 is 2.65 bits per heavy atom. The second-order valence-electron chi connectivity index (χ2n) is 8.85. The molecular formula is C24H25I2N2O6-. The summed E-state index contributed by atoms with van der Waals surface area (Å²) in [4.78, 5) is 37.2. The number of benzene rings is 2. The normalized spacial score (nSPS) is 19.0. The van der Waals surface area contributed by atoms with Gasteiger partial charge in [0, 0.05) is 0 Å². The monoisotopic (exact) mass is 691 g/mol. The van der Waals surface area contributed by atoms with Crippen LogP contribution in [0.3, 0.4) is 0 Å². The number of carbonyl (C=O) groups excluding carboxylic acids is 2. The number of fused-ring (bicyclic) bond motifs is 3. The number of halogens is 2. The van der Waals surface area contributed by atoms with Gasteiger partial charge in [0.05, 0.1) is 22.9 Å². The third kappa shape index (κ3) is 5.26. The molecule has 1 unspecified atom stereocenters. The second-order valence-corrected chi connectivity index (χ2v) is 12.0. The molecule has 4 rings (SSSR count). The van der Waals surface area contributed by atoms with Gasteiger partial charge in [0.25, 0.3) is 0 Å². The number of hydrogen-bond donors (Lipinski definition) is 2. The van der Waals surface area contributed by atoms with E-state index >= 15 is 0 Å². The van der Waals surface area contributed by atoms with Crippen molar-refractivity contribution < 1.29 is 50.2 Å². The Morgan fingerprint density at radius 2 is 1.91 bits per heavy atom. The van der Waals surface area contributed by atoms with E-state index in [4.69, 9.17) is 9.47 Å². The van der Waals surface area contributed by atoms with E-state index in [0.29, 0.717) is 15.4 Å². The zero-order valence-electron chi connectivity index (χ0n) is 18.7. The average molecular weight is 691 g/mol. The zero-order chi connectivity index (χ0) is 24.5. The van der Waals surface area contributed by atoms with Crippen molar-refractivity contribution in [3.63, 3.8) is 0 Å². The van der Waals surface area contributed by atoms with Gasteiger partial charge in [-0.25, -0.2) is 4.79 Å². The molecule has 10 heteroatoms. The van der Waals surface area contributed by atoms with E-state index in [1.807, 2.05) is 44.2 Å². The quantitative estimate of drug-likeness (QED) is 0.204. The van der Waals surface area contributed by atoms with Crippen molar-refractivity contribution in [2.45, 2.75) is 37.8 Å². The van der Waals surface area contributed by atoms with Crippen LogP contribution in [0.2, 0.25) is 0 Å². The van der Waals surface area contributed by atoms with Gasteiger partial charge in [-0.1, -0.05) is 6.07 Å². The van der Waals surface area contributed by atoms with Crippen LogP contribution >= 0.6 is 22.9 Å². The minimum absolute atomic E-state index is 0.0498. The molecule has 2 aromatic carbocycles. The first-order chi connectivity index (χ1) is 16.2. The molecule has 0 aromatic heterocycles. The fourth-order valence-corrected chi connectivity index (χ4v) is 7.59. The van der Waals surface area contributed by atoms with Gasteiger partial charge in [-0.2, -0.15) is 0 Å². The molecule has 1 saturated heterocycles. The van der Waals surface area contributed by atoms with E-state index in [1.54, 1.807) is 22.9 Å². The third-order valence-corrected chi connectivity index (χ3v) is 9.05. The van der Waals surface area contributed by atoms with Crippen LogP contribution in [0, 0.1) is 0 Å². The fraction of sp³-hybridized carbons (Fsp3) is 0.375. The molecule has 2 aliphatic rings. The molecule has 2 atom stereocenters. The van der Waals surface area contributed by atoms with E-state index in [-0.39, 0.29) is 33.7 Å². The molecule has 0 spiro atoms. The number of ether oxygens (including phenoxy) is 2. The Labute approximate surface area is 222 Å². The maximum absolute atomic E-state index is 12.7. The molecule has 182 valence electrons. The van der Waals surface area contributed by atoms with E-state index in [9.17, 15) is 19.5 Å². The number of alkyl halides is 2. The van der Waals surface area contributed by atoms with Gasteiger partial charge < -0.3 is 4.74 Å². The summed E-state index contributed by atoms with van der Waals surface area (Å²) in [6, 6.07) is 13.4. The van der Waals surface area contributed by atoms with Gasteiger partial charge in [-0.05, 0) is 0 Å². The Morgan fingerprint density at radius 1 is 1.18 bits per heavy atom. The van der Waals surface area contributed by atoms with Crippen molar-refractivity contribution in [1.29, 1.82) is 0 Å². The first-order valence-corrected chi connectivity index (χ1v) is 14.8. The second kappa shape index (κ2) is 10.3. The molecule has 0 bridgehead atoms. The predicted octanol–water partition coefficient (Wildman–Crippen LogP) is 1.15. The predicted molar refractivity (Wildman–Crippen MR) is 129 cm³/mol. The molecule has 1 fully saturated rings. The summed E-state index contributed by atoms with van der Waals surface area (Å²) in [5, 5.41) is 9.38. The number of nitrogens with zero attached hydrogens (tertiary/aromatic N) is 1. The van der Waals surface area contributed by atoms with Crippen molar-refractivity contribution in [1.82, 2.24) is 8.43 Å². The molecule has 0 saturated carbocycles. The summed E-state index contributed by atoms with van der Waals surface area (Å²) >= 11 is 1.42. The van der Waals surface area contributed by atoms with Crippen LogP contribution in [-0.2, 0) is 20.7 Å². The van der Waals surface area contributed by atoms with Crippen LogP contribution in [0.1, 0.15) is 36.5 Å². The van der Waals surface area contributed by atoms with Gasteiger partial charge in [-0.15, -0.1) is 0 Å². The van der Waals surface area contributed by atoms with Crippen LogP contribution < -0.4 is 24.7 Å². The number of aliphatic carboxylic acids is 1. The van der Waals surface area contributed by atoms with Gasteiger partial charge in [0.15, 0.2) is 0 Å². The number of hydrogen-bond acceptors (Lipinski definition) is 5. The van der Waals surface area contributed by atoms with Crippen LogP contribution in [0.15, 0.2) is 42.5 Å². The Bertz CT molecular complexity index is 1120. The fourth-order valence-electron chi connectivity index (χ4n) is 4.44. The minimum atomic E-state index is -0.973. The van der Waals surface area contributed by atoms with Gasteiger partial charge in [0.2, 0.25) is 0 Å². The number of nitrogens with one attached hydrogen (secondary N) is 1. The SMILES string of the molecule is CC(C)(Cc1ccc2c(c1)-c1ccccc1C2COC(=O)NI)OC(=O)N1C[I-]C[C@H]1C(=O)O. The number of rotatable bonds is 6. The van der Waals surface area contributed by atoms with Crippen molar-refractivity contribution in [2.24, 2.45) is 0 Å². The summed E-state index contributed by atoms with van der Waals surface area (Å²) in [5.74, 6) is -1.02. The van der Waals surface area contributed by atoms with Crippen LogP contribution in [0.4, 0.5) is 9.59 Å². The molecule has 2 aromatic rings. The van der Waals surface area contributed by atoms with Gasteiger partial charge >= 0.3 is 181 Å². The summed E-state index contributed by atoms with van der Waals surface area (Å²) < 4.78 is 14.6. The Hall–Kier alpha value is -2.09. The first-order valence-electron chi connectivity index (χ1n) is 10.7. The van der Waals surface area contributed by atoms with Crippen molar-refractivity contribution in [2.75, 3.05) is 15.6 Å². The van der Waals surface area contributed by atoms with Gasteiger partial charge in [0.1, 0.15) is 0 Å². The number of carboxylic acid groups (broad SMARTS) is 1. The molecule has 0 radical (unpaired) electrons. The topological polar surface area (TPSA) is 105 Å². The molecule has 8 nitrogen and oxygen atoms in total. The molecule has 34 heavy (non-hydrogen) atoms. The number of carbonyl (C=O) groups is 3. The zero-order valence-corrected chi connectivity index (χ0v) is 23.0. The Kier molecular flexibility index (Phi) is 7.55. The molecular weight excluding hydrogens is 666 g/mol. The van der Waals surface area contributed by atoms with E-state index in [0.717, 1.165) is 27.8 Å². The van der Waals surface area contributed by atoms with Crippen LogP contribution in [-0.4, -0.2) is 55.4 Å². The molecule has 1 heterocycles. The summed E-state index contributed by atoms with van der Waals surface area (Å²) in [5.41, 5.74) is 4.57. The number of carboxylic acids is 1. The summed E-state index contributed by atoms with van der Waals surface area (Å²) in [6.45, 7) is 3.92. The van der Waals surface area contributed by atoms with E-state index < -0.39 is 29.8 Å². The molecule has 1 aliphatic carbocycles. The third-order valence-electron chi connectivity index (χ3n) is 5.94. The summed E-state index contributed by atoms with van der Waals surface area (Å²) in [7, 11) is 0. The number of amides is 2. The maximum atomic E-state index is 12.7. The molecule has 1 aliphatic heterocycles. The van der Waals surface area contributed by atoms with Crippen LogP contribution in [0.5, 0.6) is 0 Å². The standard InChI is InChI=1S/C24H25I2N2O6/c1-24(2,34-23(32)28-13-26-11-20(28)21(29)30)10-14-7-8-17-18(9-14)15-5-3-4-6-16(15)19(17)12-33-22(31)27-25/h3-9,19-20H,10-13H2,1-2H3,(H,27,31)(H,29,30)/q-1/t19?,20-/m0/s1. The van der Waals surface area contributed by atoms with Crippen LogP contribution in [0.25, 0.3) is 11.1 Å². The Balaban J connectivity index is 1.52. The van der Waals surface area contributed by atoms with E-state index in [1.165, 1.54) is 4.90 Å².